The highest BCUT2D eigenvalue weighted by Crippen LogP contribution is 2.35. The van der Waals surface area contributed by atoms with E-state index in [1.54, 1.807) is 16.2 Å². The van der Waals surface area contributed by atoms with Gasteiger partial charge in [-0.1, -0.05) is 6.07 Å². The lowest BCUT2D eigenvalue weighted by Crippen LogP contribution is -2.36. The van der Waals surface area contributed by atoms with Crippen molar-refractivity contribution in [1.29, 1.82) is 0 Å². The molecule has 0 unspecified atom stereocenters. The average molecular weight is 468 g/mol. The van der Waals surface area contributed by atoms with E-state index in [2.05, 4.69) is 4.98 Å². The fourth-order valence-electron chi connectivity index (χ4n) is 3.72. The first-order chi connectivity index (χ1) is 15.5. The number of ether oxygens (including phenoxy) is 2. The van der Waals surface area contributed by atoms with E-state index in [4.69, 9.17) is 9.47 Å². The van der Waals surface area contributed by atoms with E-state index in [1.807, 2.05) is 49.6 Å². The van der Waals surface area contributed by atoms with Crippen molar-refractivity contribution < 1.29 is 14.3 Å². The number of hydrogen-bond acceptors (Lipinski definition) is 7. The number of nitrogens with zero attached hydrogens (tertiary/aromatic N) is 3. The molecule has 9 heteroatoms. The first kappa shape index (κ1) is 20.7. The number of rotatable bonds is 6. The number of carbonyl (C=O) groups is 1. The maximum absolute atomic E-state index is 13.3. The first-order valence-electron chi connectivity index (χ1n) is 10.2. The fourth-order valence-corrected chi connectivity index (χ4v) is 5.58. The number of hydrogen-bond donors (Lipinski definition) is 0. The Bertz CT molecular complexity index is 1370. The van der Waals surface area contributed by atoms with Crippen molar-refractivity contribution in [2.45, 2.75) is 26.9 Å². The van der Waals surface area contributed by atoms with Crippen molar-refractivity contribution in [2.24, 2.45) is 0 Å². The molecule has 0 spiro atoms. The van der Waals surface area contributed by atoms with E-state index in [9.17, 15) is 9.59 Å². The van der Waals surface area contributed by atoms with Crippen LogP contribution in [0.1, 0.15) is 17.4 Å². The van der Waals surface area contributed by atoms with E-state index in [0.717, 1.165) is 16.0 Å². The molecule has 0 fully saturated rings. The van der Waals surface area contributed by atoms with E-state index in [-0.39, 0.29) is 24.8 Å². The van der Waals surface area contributed by atoms with Gasteiger partial charge in [-0.05, 0) is 43.7 Å². The van der Waals surface area contributed by atoms with Gasteiger partial charge >= 0.3 is 0 Å². The molecule has 1 amide bonds. The van der Waals surface area contributed by atoms with Crippen molar-refractivity contribution in [1.82, 2.24) is 14.5 Å². The predicted molar refractivity (Wildman–Crippen MR) is 126 cm³/mol. The summed E-state index contributed by atoms with van der Waals surface area (Å²) in [7, 11) is 0. The number of aryl methyl sites for hydroxylation is 1. The summed E-state index contributed by atoms with van der Waals surface area (Å²) in [5.41, 5.74) is 1.64. The van der Waals surface area contributed by atoms with Crippen molar-refractivity contribution in [2.75, 3.05) is 13.3 Å². The maximum Gasteiger partial charge on any atom is 0.263 e. The summed E-state index contributed by atoms with van der Waals surface area (Å²) in [6.45, 7) is 5.06. The lowest BCUT2D eigenvalue weighted by atomic mass is 10.2. The molecule has 1 aliphatic heterocycles. The third-order valence-corrected chi connectivity index (χ3v) is 7.34. The topological polar surface area (TPSA) is 73.7 Å². The monoisotopic (exact) mass is 467 g/mol. The van der Waals surface area contributed by atoms with Gasteiger partial charge in [0.2, 0.25) is 12.7 Å². The lowest BCUT2D eigenvalue weighted by molar-refractivity contribution is -0.132. The van der Waals surface area contributed by atoms with Crippen LogP contribution < -0.4 is 15.0 Å². The van der Waals surface area contributed by atoms with Crippen LogP contribution in [0.3, 0.4) is 0 Å². The van der Waals surface area contributed by atoms with Gasteiger partial charge in [-0.3, -0.25) is 14.2 Å². The number of fused-ring (bicyclic) bond motifs is 2. The van der Waals surface area contributed by atoms with Gasteiger partial charge in [0.1, 0.15) is 11.4 Å². The zero-order valence-corrected chi connectivity index (χ0v) is 19.3. The quantitative estimate of drug-likeness (QED) is 0.423. The number of likely N-dealkylation sites (N-methyl/N-ethyl adjacent to an activating group) is 1. The molecule has 5 rings (SSSR count). The van der Waals surface area contributed by atoms with E-state index < -0.39 is 0 Å². The van der Waals surface area contributed by atoms with Crippen LogP contribution in [0.4, 0.5) is 0 Å². The molecule has 32 heavy (non-hydrogen) atoms. The zero-order chi connectivity index (χ0) is 22.2. The third-order valence-electron chi connectivity index (χ3n) is 5.42. The number of benzene rings is 1. The summed E-state index contributed by atoms with van der Waals surface area (Å²) in [6.07, 6.45) is 1.47. The van der Waals surface area contributed by atoms with Gasteiger partial charge in [0.05, 0.1) is 11.7 Å². The Kier molecular flexibility index (Phi) is 5.44. The lowest BCUT2D eigenvalue weighted by Gasteiger charge is -2.21. The van der Waals surface area contributed by atoms with Gasteiger partial charge in [0, 0.05) is 33.8 Å². The summed E-state index contributed by atoms with van der Waals surface area (Å²) in [4.78, 5) is 35.4. The van der Waals surface area contributed by atoms with Crippen LogP contribution in [0.5, 0.6) is 11.5 Å². The Morgan fingerprint density at radius 2 is 2.06 bits per heavy atom. The van der Waals surface area contributed by atoms with Gasteiger partial charge in [0.15, 0.2) is 11.5 Å². The molecule has 1 aliphatic rings. The SMILES string of the molecule is CCN(Cc1ccc2c(c1)OCO2)C(=O)Cn1cnc2scc(-c3ccc(C)s3)c2c1=O. The van der Waals surface area contributed by atoms with Crippen LogP contribution in [0.25, 0.3) is 20.7 Å². The summed E-state index contributed by atoms with van der Waals surface area (Å²) >= 11 is 3.09. The van der Waals surface area contributed by atoms with Gasteiger partial charge in [0.25, 0.3) is 5.56 Å². The van der Waals surface area contributed by atoms with Crippen LogP contribution in [0, 0.1) is 6.92 Å². The summed E-state index contributed by atoms with van der Waals surface area (Å²) in [6, 6.07) is 9.72. The Morgan fingerprint density at radius 3 is 2.84 bits per heavy atom. The predicted octanol–water partition coefficient (Wildman–Crippen LogP) is 4.27. The molecule has 0 bridgehead atoms. The number of thiophene rings is 2. The molecule has 7 nitrogen and oxygen atoms in total. The Hall–Kier alpha value is -3.17. The smallest absolute Gasteiger partial charge is 0.263 e. The van der Waals surface area contributed by atoms with Crippen LogP contribution in [0.2, 0.25) is 0 Å². The second-order valence-electron chi connectivity index (χ2n) is 7.51. The molecule has 4 aromatic rings. The Balaban J connectivity index is 1.40. The van der Waals surface area contributed by atoms with E-state index in [0.29, 0.717) is 34.8 Å². The molecule has 164 valence electrons. The van der Waals surface area contributed by atoms with Crippen molar-refractivity contribution in [3.05, 3.63) is 62.8 Å². The van der Waals surface area contributed by atoms with Crippen LogP contribution >= 0.6 is 22.7 Å². The van der Waals surface area contributed by atoms with Crippen molar-refractivity contribution in [3.8, 4) is 21.9 Å². The molecule has 3 aromatic heterocycles. The highest BCUT2D eigenvalue weighted by molar-refractivity contribution is 7.19. The molecule has 4 heterocycles. The highest BCUT2D eigenvalue weighted by atomic mass is 32.1. The Morgan fingerprint density at radius 1 is 1.22 bits per heavy atom. The first-order valence-corrected chi connectivity index (χ1v) is 11.9. The minimum Gasteiger partial charge on any atom is -0.454 e. The van der Waals surface area contributed by atoms with Gasteiger partial charge in [-0.25, -0.2) is 4.98 Å². The van der Waals surface area contributed by atoms with E-state index >= 15 is 0 Å². The van der Waals surface area contributed by atoms with Gasteiger partial charge < -0.3 is 14.4 Å². The molecular weight excluding hydrogens is 446 g/mol. The van der Waals surface area contributed by atoms with Crippen molar-refractivity contribution >= 4 is 38.8 Å². The summed E-state index contributed by atoms with van der Waals surface area (Å²) < 4.78 is 12.2. The summed E-state index contributed by atoms with van der Waals surface area (Å²) in [5, 5.41) is 2.54. The molecule has 0 atom stereocenters. The highest BCUT2D eigenvalue weighted by Gasteiger charge is 2.19. The van der Waals surface area contributed by atoms with Crippen molar-refractivity contribution in [3.63, 3.8) is 0 Å². The molecule has 0 aliphatic carbocycles. The van der Waals surface area contributed by atoms with Gasteiger partial charge in [-0.2, -0.15) is 0 Å². The normalized spacial score (nSPS) is 12.4. The average Bonchev–Trinajstić information content (AvgIpc) is 3.52. The molecule has 0 N–H and O–H groups in total. The minimum atomic E-state index is -0.190. The van der Waals surface area contributed by atoms with Crippen LogP contribution in [-0.2, 0) is 17.9 Å². The second-order valence-corrected chi connectivity index (χ2v) is 9.66. The molecule has 0 saturated carbocycles. The fraction of sp³-hybridized carbons (Fsp3) is 0.261. The zero-order valence-electron chi connectivity index (χ0n) is 17.7. The molecule has 0 radical (unpaired) electrons. The van der Waals surface area contributed by atoms with Crippen LogP contribution in [0.15, 0.2) is 46.8 Å². The second kappa shape index (κ2) is 8.40. The standard InChI is InChI=1S/C23H21N3O4S2/c1-3-25(9-15-5-6-17-18(8-15)30-13-29-17)20(27)10-26-12-24-22-21(23(26)28)16(11-31-22)19-7-4-14(2)32-19/h4-8,11-12H,3,9-10,13H2,1-2H3. The van der Waals surface area contributed by atoms with E-state index in [1.165, 1.54) is 27.1 Å². The largest absolute Gasteiger partial charge is 0.454 e. The third kappa shape index (κ3) is 3.78. The van der Waals surface area contributed by atoms with Crippen LogP contribution in [-0.4, -0.2) is 33.7 Å². The molecular formula is C23H21N3O4S2. The number of carbonyl (C=O) groups excluding carboxylic acids is 1. The Labute approximate surface area is 192 Å². The molecule has 1 aromatic carbocycles. The number of aromatic nitrogens is 2. The minimum absolute atomic E-state index is 0.0566. The van der Waals surface area contributed by atoms with Gasteiger partial charge in [-0.15, -0.1) is 22.7 Å². The number of amides is 1. The maximum atomic E-state index is 13.3. The molecule has 0 saturated heterocycles. The summed E-state index contributed by atoms with van der Waals surface area (Å²) in [5.74, 6) is 1.25.